The SMILES string of the molecule is Cc1nnn(Cc2cc(O)ccc2C=CC(=O)N2CCN(Cc3ccc(OCCF)cn3)C[C@H]2C)n1. The minimum absolute atomic E-state index is 0.0236. The number of benzene rings is 1. The summed E-state index contributed by atoms with van der Waals surface area (Å²) in [6, 6.07) is 8.69. The van der Waals surface area contributed by atoms with Gasteiger partial charge in [-0.05, 0) is 60.5 Å². The zero-order valence-corrected chi connectivity index (χ0v) is 20.4. The zero-order valence-electron chi connectivity index (χ0n) is 20.4. The number of alkyl halides is 1. The first-order valence-corrected chi connectivity index (χ1v) is 11.8. The number of phenols is 1. The molecule has 0 aliphatic carbocycles. The van der Waals surface area contributed by atoms with Crippen LogP contribution in [0.5, 0.6) is 11.5 Å². The molecule has 0 bridgehead atoms. The number of nitrogens with zero attached hydrogens (tertiary/aromatic N) is 7. The van der Waals surface area contributed by atoms with Crippen LogP contribution in [0, 0.1) is 6.92 Å². The molecule has 3 heterocycles. The van der Waals surface area contributed by atoms with Crippen molar-refractivity contribution in [3.8, 4) is 11.5 Å². The summed E-state index contributed by atoms with van der Waals surface area (Å²) in [5.41, 5.74) is 2.47. The highest BCUT2D eigenvalue weighted by atomic mass is 19.1. The van der Waals surface area contributed by atoms with Gasteiger partial charge < -0.3 is 14.7 Å². The number of carbonyl (C=O) groups is 1. The summed E-state index contributed by atoms with van der Waals surface area (Å²) in [5.74, 6) is 1.18. The lowest BCUT2D eigenvalue weighted by Gasteiger charge is -2.39. The number of pyridine rings is 1. The van der Waals surface area contributed by atoms with Gasteiger partial charge in [0.25, 0.3) is 0 Å². The second kappa shape index (κ2) is 11.7. The van der Waals surface area contributed by atoms with Crippen LogP contribution in [0.2, 0.25) is 0 Å². The minimum Gasteiger partial charge on any atom is -0.508 e. The Labute approximate surface area is 209 Å². The van der Waals surface area contributed by atoms with E-state index >= 15 is 0 Å². The molecule has 1 amide bonds. The van der Waals surface area contributed by atoms with Gasteiger partial charge in [-0.15, -0.1) is 10.2 Å². The second-order valence-electron chi connectivity index (χ2n) is 8.72. The molecule has 1 N–H and O–H groups in total. The number of aryl methyl sites for hydroxylation is 1. The maximum Gasteiger partial charge on any atom is 0.246 e. The number of halogens is 1. The molecule has 2 aromatic heterocycles. The van der Waals surface area contributed by atoms with E-state index in [1.54, 1.807) is 49.5 Å². The van der Waals surface area contributed by atoms with Crippen LogP contribution < -0.4 is 4.74 Å². The quantitative estimate of drug-likeness (QED) is 0.450. The van der Waals surface area contributed by atoms with E-state index in [1.807, 2.05) is 17.9 Å². The Morgan fingerprint density at radius 3 is 2.81 bits per heavy atom. The number of hydrogen-bond acceptors (Lipinski definition) is 8. The minimum atomic E-state index is -0.534. The fraction of sp³-hybridized carbons (Fsp3) is 0.400. The van der Waals surface area contributed by atoms with Crippen molar-refractivity contribution in [1.29, 1.82) is 0 Å². The number of rotatable bonds is 9. The van der Waals surface area contributed by atoms with Crippen molar-refractivity contribution in [2.24, 2.45) is 0 Å². The predicted octanol–water partition coefficient (Wildman–Crippen LogP) is 2.22. The standard InChI is InChI=1S/C25H30FN7O3/c1-18-15-31(17-22-5-7-24(14-27-22)36-12-9-26)10-11-32(18)25(35)8-4-20-3-6-23(34)13-21(20)16-33-29-19(2)28-30-33/h3-8,13-14,18,34H,9-12,15-17H2,1-2H3/t18-/m1/s1. The molecular weight excluding hydrogens is 465 g/mol. The summed E-state index contributed by atoms with van der Waals surface area (Å²) in [4.78, 5) is 23.0. The Hall–Kier alpha value is -3.86. The first-order valence-electron chi connectivity index (χ1n) is 11.8. The van der Waals surface area contributed by atoms with Gasteiger partial charge in [0.15, 0.2) is 5.82 Å². The maximum atomic E-state index is 13.0. The molecule has 11 heteroatoms. The van der Waals surface area contributed by atoms with E-state index in [2.05, 4.69) is 25.3 Å². The first kappa shape index (κ1) is 25.2. The van der Waals surface area contributed by atoms with Gasteiger partial charge in [-0.25, -0.2) is 4.39 Å². The fourth-order valence-electron chi connectivity index (χ4n) is 4.17. The van der Waals surface area contributed by atoms with Crippen LogP contribution in [0.25, 0.3) is 6.08 Å². The van der Waals surface area contributed by atoms with Gasteiger partial charge in [-0.3, -0.25) is 14.7 Å². The number of carbonyl (C=O) groups excluding carboxylic acids is 1. The molecule has 0 spiro atoms. The van der Waals surface area contributed by atoms with Crippen LogP contribution in [0.4, 0.5) is 4.39 Å². The second-order valence-corrected chi connectivity index (χ2v) is 8.72. The van der Waals surface area contributed by atoms with Crippen LogP contribution in [-0.2, 0) is 17.9 Å². The average molecular weight is 496 g/mol. The maximum absolute atomic E-state index is 13.0. The van der Waals surface area contributed by atoms with Crippen molar-refractivity contribution in [3.05, 3.63) is 65.2 Å². The summed E-state index contributed by atoms with van der Waals surface area (Å²) in [7, 11) is 0. The number of hydrogen-bond donors (Lipinski definition) is 1. The number of aromatic nitrogens is 5. The third-order valence-electron chi connectivity index (χ3n) is 5.92. The summed E-state index contributed by atoms with van der Waals surface area (Å²) in [6.45, 7) is 6.33. The van der Waals surface area contributed by atoms with Crippen molar-refractivity contribution < 1.29 is 19.0 Å². The molecule has 1 aliphatic heterocycles. The smallest absolute Gasteiger partial charge is 0.246 e. The summed E-state index contributed by atoms with van der Waals surface area (Å²) in [5, 5.41) is 22.0. The molecular formula is C25H30FN7O3. The Balaban J connectivity index is 1.34. The Bertz CT molecular complexity index is 1200. The fourth-order valence-corrected chi connectivity index (χ4v) is 4.17. The van der Waals surface area contributed by atoms with Gasteiger partial charge in [-0.2, -0.15) is 4.80 Å². The molecule has 1 saturated heterocycles. The molecule has 0 saturated carbocycles. The third-order valence-corrected chi connectivity index (χ3v) is 5.92. The number of ether oxygens (including phenoxy) is 1. The van der Waals surface area contributed by atoms with Crippen molar-refractivity contribution in [2.45, 2.75) is 33.0 Å². The van der Waals surface area contributed by atoms with Crippen LogP contribution in [0.3, 0.4) is 0 Å². The molecule has 4 rings (SSSR count). The van der Waals surface area contributed by atoms with E-state index in [-0.39, 0.29) is 24.3 Å². The molecule has 10 nitrogen and oxygen atoms in total. The Morgan fingerprint density at radius 2 is 2.11 bits per heavy atom. The number of tetrazole rings is 1. The van der Waals surface area contributed by atoms with E-state index in [0.717, 1.165) is 29.9 Å². The molecule has 1 aliphatic rings. The summed E-state index contributed by atoms with van der Waals surface area (Å²) < 4.78 is 17.5. The zero-order chi connectivity index (χ0) is 25.5. The van der Waals surface area contributed by atoms with E-state index in [1.165, 1.54) is 4.80 Å². The highest BCUT2D eigenvalue weighted by Gasteiger charge is 2.26. The van der Waals surface area contributed by atoms with E-state index < -0.39 is 6.67 Å². The lowest BCUT2D eigenvalue weighted by molar-refractivity contribution is -0.130. The molecule has 36 heavy (non-hydrogen) atoms. The van der Waals surface area contributed by atoms with Crippen LogP contribution in [0.1, 0.15) is 29.6 Å². The Morgan fingerprint density at radius 1 is 1.25 bits per heavy atom. The van der Waals surface area contributed by atoms with Crippen LogP contribution in [-0.4, -0.2) is 85.0 Å². The van der Waals surface area contributed by atoms with Gasteiger partial charge in [0.2, 0.25) is 5.91 Å². The van der Waals surface area contributed by atoms with Gasteiger partial charge in [0.05, 0.1) is 18.4 Å². The molecule has 3 aromatic rings. The van der Waals surface area contributed by atoms with Gasteiger partial charge in [0.1, 0.15) is 24.8 Å². The topological polar surface area (TPSA) is 109 Å². The van der Waals surface area contributed by atoms with Gasteiger partial charge in [0, 0.05) is 38.3 Å². The average Bonchev–Trinajstić information content (AvgIpc) is 3.27. The number of phenolic OH excluding ortho intramolecular Hbond substituents is 1. The van der Waals surface area contributed by atoms with Gasteiger partial charge in [-0.1, -0.05) is 6.07 Å². The van der Waals surface area contributed by atoms with Crippen LogP contribution in [0.15, 0.2) is 42.6 Å². The summed E-state index contributed by atoms with van der Waals surface area (Å²) in [6.07, 6.45) is 4.94. The number of aromatic hydroxyl groups is 1. The summed E-state index contributed by atoms with van der Waals surface area (Å²) >= 11 is 0. The van der Waals surface area contributed by atoms with E-state index in [4.69, 9.17) is 4.74 Å². The van der Waals surface area contributed by atoms with Crippen LogP contribution >= 0.6 is 0 Å². The molecule has 0 unspecified atom stereocenters. The van der Waals surface area contributed by atoms with E-state index in [9.17, 15) is 14.3 Å². The van der Waals surface area contributed by atoms with Gasteiger partial charge >= 0.3 is 0 Å². The third kappa shape index (κ3) is 6.63. The predicted molar refractivity (Wildman–Crippen MR) is 131 cm³/mol. The largest absolute Gasteiger partial charge is 0.508 e. The first-order chi connectivity index (χ1) is 17.4. The van der Waals surface area contributed by atoms with Crippen molar-refractivity contribution >= 4 is 12.0 Å². The molecule has 0 radical (unpaired) electrons. The van der Waals surface area contributed by atoms with Crippen molar-refractivity contribution in [2.75, 3.05) is 32.9 Å². The number of amides is 1. The lowest BCUT2D eigenvalue weighted by Crippen LogP contribution is -2.53. The van der Waals surface area contributed by atoms with Crippen molar-refractivity contribution in [1.82, 2.24) is 35.0 Å². The monoisotopic (exact) mass is 495 g/mol. The van der Waals surface area contributed by atoms with Crippen molar-refractivity contribution in [3.63, 3.8) is 0 Å². The van der Waals surface area contributed by atoms with E-state index in [0.29, 0.717) is 31.2 Å². The molecule has 1 fully saturated rings. The number of piperazine rings is 1. The highest BCUT2D eigenvalue weighted by Crippen LogP contribution is 2.20. The Kier molecular flexibility index (Phi) is 8.21. The normalized spacial score (nSPS) is 16.5. The highest BCUT2D eigenvalue weighted by molar-refractivity contribution is 5.92. The molecule has 190 valence electrons. The lowest BCUT2D eigenvalue weighted by atomic mass is 10.1. The molecule has 1 atom stereocenters. The molecule has 1 aromatic carbocycles.